The number of amides is 1. The Hall–Kier alpha value is -1.67. The first kappa shape index (κ1) is 15.2. The van der Waals surface area contributed by atoms with Crippen LogP contribution in [0.3, 0.4) is 0 Å². The maximum Gasteiger partial charge on any atom is 0.313 e. The van der Waals surface area contributed by atoms with Crippen LogP contribution in [-0.4, -0.2) is 75.2 Å². The predicted molar refractivity (Wildman–Crippen MR) is 77.3 cm³/mol. The molecule has 2 aliphatic rings. The topological polar surface area (TPSA) is 102 Å². The van der Waals surface area contributed by atoms with Crippen molar-refractivity contribution in [3.05, 3.63) is 11.1 Å². The van der Waals surface area contributed by atoms with E-state index >= 15 is 0 Å². The Morgan fingerprint density at radius 1 is 1.45 bits per heavy atom. The maximum atomic E-state index is 12.3. The zero-order chi connectivity index (χ0) is 15.9. The third kappa shape index (κ3) is 2.56. The fraction of sp³-hybridized carbons (Fsp3) is 0.692. The van der Waals surface area contributed by atoms with Crippen molar-refractivity contribution in [2.45, 2.75) is 12.8 Å². The minimum atomic E-state index is -0.819. The first-order valence-corrected chi connectivity index (χ1v) is 7.55. The summed E-state index contributed by atoms with van der Waals surface area (Å²) in [6.45, 7) is 2.00. The van der Waals surface area contributed by atoms with E-state index < -0.39 is 11.4 Å². The highest BCUT2D eigenvalue weighted by Gasteiger charge is 2.57. The quantitative estimate of drug-likeness (QED) is 0.798. The number of nitrogens with one attached hydrogen (secondary N) is 1. The Labute approximate surface area is 132 Å². The van der Waals surface area contributed by atoms with Gasteiger partial charge in [0.15, 0.2) is 0 Å². The Morgan fingerprint density at radius 3 is 2.82 bits per heavy atom. The van der Waals surface area contributed by atoms with E-state index in [4.69, 9.17) is 11.6 Å². The zero-order valence-corrected chi connectivity index (χ0v) is 13.0. The number of halogens is 1. The molecule has 0 saturated carbocycles. The molecule has 0 spiro atoms. The number of aromatic amines is 1. The summed E-state index contributed by atoms with van der Waals surface area (Å²) in [6.07, 6.45) is 0.684. The second kappa shape index (κ2) is 5.51. The Morgan fingerprint density at radius 2 is 2.23 bits per heavy atom. The first-order valence-electron chi connectivity index (χ1n) is 7.17. The number of hydrogen-bond donors (Lipinski definition) is 2. The lowest BCUT2D eigenvalue weighted by atomic mass is 9.81. The summed E-state index contributed by atoms with van der Waals surface area (Å²) in [5.41, 5.74) is -0.819. The Kier molecular flexibility index (Phi) is 3.82. The fourth-order valence-electron chi connectivity index (χ4n) is 3.58. The van der Waals surface area contributed by atoms with Gasteiger partial charge in [-0.2, -0.15) is 0 Å². The number of hydrogen-bond acceptors (Lipinski definition) is 5. The van der Waals surface area contributed by atoms with E-state index in [2.05, 4.69) is 15.2 Å². The lowest BCUT2D eigenvalue weighted by Gasteiger charge is -2.24. The number of aliphatic carboxylic acids is 1. The Bertz CT molecular complexity index is 606. The summed E-state index contributed by atoms with van der Waals surface area (Å²) in [5.74, 6) is -0.298. The summed E-state index contributed by atoms with van der Waals surface area (Å²) in [5, 5.41) is 16.1. The van der Waals surface area contributed by atoms with Crippen LogP contribution in [-0.2, 0) is 16.0 Å². The van der Waals surface area contributed by atoms with Gasteiger partial charge in [-0.1, -0.05) is 0 Å². The molecule has 2 atom stereocenters. The summed E-state index contributed by atoms with van der Waals surface area (Å²) < 4.78 is 0. The molecular weight excluding hydrogens is 310 g/mol. The molecule has 8 nitrogen and oxygen atoms in total. The van der Waals surface area contributed by atoms with Gasteiger partial charge in [0.2, 0.25) is 11.2 Å². The molecule has 0 aromatic carbocycles. The molecule has 9 heteroatoms. The van der Waals surface area contributed by atoms with E-state index in [0.29, 0.717) is 31.9 Å². The smallest absolute Gasteiger partial charge is 0.313 e. The standard InChI is InChI=1S/C13H18ClN5O3/c1-18-4-8-5-19(7-13(8,6-18)11(21)22)10(20)3-2-9-15-12(14)17-16-9/h8H,2-7H2,1H3,(H,21,22)(H,15,16,17)/t8-,13-/m0/s1. The summed E-state index contributed by atoms with van der Waals surface area (Å²) in [6, 6.07) is 0. The third-order valence-electron chi connectivity index (χ3n) is 4.64. The van der Waals surface area contributed by atoms with E-state index in [1.165, 1.54) is 0 Å². The summed E-state index contributed by atoms with van der Waals surface area (Å²) >= 11 is 5.62. The number of carbonyl (C=O) groups is 2. The van der Waals surface area contributed by atoms with Crippen molar-refractivity contribution in [3.8, 4) is 0 Å². The Balaban J connectivity index is 1.62. The normalized spacial score (nSPS) is 28.1. The number of carbonyl (C=O) groups excluding carboxylic acids is 1. The number of rotatable bonds is 4. The molecule has 0 radical (unpaired) electrons. The van der Waals surface area contributed by atoms with Crippen LogP contribution < -0.4 is 0 Å². The molecule has 2 N–H and O–H groups in total. The molecule has 3 rings (SSSR count). The lowest BCUT2D eigenvalue weighted by Crippen LogP contribution is -2.41. The number of fused-ring (bicyclic) bond motifs is 1. The van der Waals surface area contributed by atoms with Crippen LogP contribution >= 0.6 is 11.6 Å². The van der Waals surface area contributed by atoms with Gasteiger partial charge in [0.05, 0.1) is 0 Å². The number of carboxylic acids is 1. The van der Waals surface area contributed by atoms with E-state index in [1.54, 1.807) is 4.90 Å². The van der Waals surface area contributed by atoms with Crippen molar-refractivity contribution in [1.29, 1.82) is 0 Å². The highest BCUT2D eigenvalue weighted by molar-refractivity contribution is 6.28. The molecular formula is C13H18ClN5O3. The van der Waals surface area contributed by atoms with Crippen LogP contribution in [0.25, 0.3) is 0 Å². The van der Waals surface area contributed by atoms with Crippen LogP contribution in [0.15, 0.2) is 0 Å². The van der Waals surface area contributed by atoms with Crippen molar-refractivity contribution in [3.63, 3.8) is 0 Å². The first-order chi connectivity index (χ1) is 10.4. The molecule has 1 aromatic rings. The number of nitrogens with zero attached hydrogens (tertiary/aromatic N) is 4. The second-order valence-electron chi connectivity index (χ2n) is 6.18. The average Bonchev–Trinajstić information content (AvgIpc) is 3.08. The summed E-state index contributed by atoms with van der Waals surface area (Å²) in [7, 11) is 1.92. The molecule has 0 aliphatic carbocycles. The molecule has 120 valence electrons. The third-order valence-corrected chi connectivity index (χ3v) is 4.81. The molecule has 2 aliphatic heterocycles. The van der Waals surface area contributed by atoms with E-state index in [1.807, 2.05) is 11.9 Å². The largest absolute Gasteiger partial charge is 0.481 e. The number of likely N-dealkylation sites (tertiary alicyclic amines) is 2. The van der Waals surface area contributed by atoms with Gasteiger partial charge in [-0.05, 0) is 18.6 Å². The van der Waals surface area contributed by atoms with Crippen LogP contribution in [0.1, 0.15) is 12.2 Å². The van der Waals surface area contributed by atoms with E-state index in [-0.39, 0.29) is 30.1 Å². The molecule has 3 heterocycles. The minimum absolute atomic E-state index is 0.00123. The van der Waals surface area contributed by atoms with Crippen LogP contribution in [0.2, 0.25) is 5.28 Å². The van der Waals surface area contributed by atoms with Gasteiger partial charge in [-0.3, -0.25) is 14.7 Å². The summed E-state index contributed by atoms with van der Waals surface area (Å²) in [4.78, 5) is 31.7. The minimum Gasteiger partial charge on any atom is -0.481 e. The van der Waals surface area contributed by atoms with Gasteiger partial charge in [0, 0.05) is 44.9 Å². The molecule has 2 saturated heterocycles. The zero-order valence-electron chi connectivity index (χ0n) is 12.3. The predicted octanol–water partition coefficient (Wildman–Crippen LogP) is -0.134. The van der Waals surface area contributed by atoms with Gasteiger partial charge in [0.1, 0.15) is 11.2 Å². The highest BCUT2D eigenvalue weighted by atomic mass is 35.5. The van der Waals surface area contributed by atoms with Gasteiger partial charge >= 0.3 is 5.97 Å². The maximum absolute atomic E-state index is 12.3. The average molecular weight is 328 g/mol. The van der Waals surface area contributed by atoms with Crippen molar-refractivity contribution >= 4 is 23.5 Å². The lowest BCUT2D eigenvalue weighted by molar-refractivity contribution is -0.149. The van der Waals surface area contributed by atoms with Gasteiger partial charge in [-0.15, -0.1) is 5.10 Å². The number of H-pyrrole nitrogens is 1. The molecule has 1 aromatic heterocycles. The van der Waals surface area contributed by atoms with Crippen molar-refractivity contribution in [2.75, 3.05) is 33.2 Å². The molecule has 0 unspecified atom stereocenters. The molecule has 22 heavy (non-hydrogen) atoms. The van der Waals surface area contributed by atoms with E-state index in [0.717, 1.165) is 0 Å². The van der Waals surface area contributed by atoms with Crippen molar-refractivity contribution in [1.82, 2.24) is 25.0 Å². The number of aryl methyl sites for hydroxylation is 1. The van der Waals surface area contributed by atoms with Gasteiger partial charge in [0.25, 0.3) is 0 Å². The monoisotopic (exact) mass is 327 g/mol. The van der Waals surface area contributed by atoms with Crippen LogP contribution in [0, 0.1) is 11.3 Å². The number of aromatic nitrogens is 3. The molecule has 1 amide bonds. The van der Waals surface area contributed by atoms with Gasteiger partial charge < -0.3 is 14.9 Å². The molecule has 2 fully saturated rings. The SMILES string of the molecule is CN1C[C@H]2CN(C(=O)CCc3nc(Cl)n[nH]3)C[C@@]2(C(=O)O)C1. The molecule has 0 bridgehead atoms. The van der Waals surface area contributed by atoms with Gasteiger partial charge in [-0.25, -0.2) is 4.98 Å². The van der Waals surface area contributed by atoms with Crippen molar-refractivity contribution < 1.29 is 14.7 Å². The fourth-order valence-corrected chi connectivity index (χ4v) is 3.72. The second-order valence-corrected chi connectivity index (χ2v) is 6.52. The highest BCUT2D eigenvalue weighted by Crippen LogP contribution is 2.42. The van der Waals surface area contributed by atoms with Crippen LogP contribution in [0.5, 0.6) is 0 Å². The number of carboxylic acid groups (broad SMARTS) is 1. The van der Waals surface area contributed by atoms with Crippen LogP contribution in [0.4, 0.5) is 0 Å². The van der Waals surface area contributed by atoms with Crippen molar-refractivity contribution in [2.24, 2.45) is 11.3 Å². The van der Waals surface area contributed by atoms with E-state index in [9.17, 15) is 14.7 Å².